The maximum absolute atomic E-state index is 12.3. The number of carboxylic acid groups (broad SMARTS) is 1. The van der Waals surface area contributed by atoms with Gasteiger partial charge in [-0.3, -0.25) is 24.2 Å². The molecule has 3 N–H and O–H groups in total. The number of likely N-dealkylation sites (N-methyl/N-ethyl adjacent to an activating group) is 1. The van der Waals surface area contributed by atoms with Crippen molar-refractivity contribution in [2.75, 3.05) is 66.0 Å². The van der Waals surface area contributed by atoms with E-state index in [1.807, 2.05) is 0 Å². The van der Waals surface area contributed by atoms with Gasteiger partial charge in [0, 0.05) is 64.7 Å². The van der Waals surface area contributed by atoms with Gasteiger partial charge in [0.2, 0.25) is 11.8 Å². The maximum Gasteiger partial charge on any atom is 0.303 e. The van der Waals surface area contributed by atoms with Gasteiger partial charge in [0.25, 0.3) is 0 Å². The highest BCUT2D eigenvalue weighted by Gasteiger charge is 2.28. The van der Waals surface area contributed by atoms with E-state index in [0.29, 0.717) is 44.9 Å². The molecule has 2 saturated heterocycles. The Labute approximate surface area is 173 Å². The second-order valence-electron chi connectivity index (χ2n) is 8.17. The summed E-state index contributed by atoms with van der Waals surface area (Å²) in [6.45, 7) is 7.74. The van der Waals surface area contributed by atoms with Crippen LogP contribution in [0.2, 0.25) is 0 Å². The smallest absolute Gasteiger partial charge is 0.303 e. The van der Waals surface area contributed by atoms with Gasteiger partial charge in [-0.1, -0.05) is 0 Å². The SMILES string of the molecule is CN1CCN(CC2CCC[15N]2C[13C](=O)[15NH][13CH2][13CH2][13CH2][13C](=O)N[13CH2][13CH2][13CH2][13C](=O)O)CC1. The van der Waals surface area contributed by atoms with Gasteiger partial charge in [-0.15, -0.1) is 0 Å². The van der Waals surface area contributed by atoms with Crippen LogP contribution in [0.1, 0.15) is 38.5 Å². The molecule has 0 aromatic carbocycles. The van der Waals surface area contributed by atoms with Crippen LogP contribution >= 0.6 is 0 Å². The number of amides is 2. The minimum absolute atomic E-state index is 0.0251. The van der Waals surface area contributed by atoms with Crippen molar-refractivity contribution in [2.45, 2.75) is 44.6 Å². The summed E-state index contributed by atoms with van der Waals surface area (Å²) in [5.41, 5.74) is 0. The van der Waals surface area contributed by atoms with Crippen LogP contribution in [0.5, 0.6) is 0 Å². The van der Waals surface area contributed by atoms with E-state index >= 15 is 0 Å². The van der Waals surface area contributed by atoms with Crippen molar-refractivity contribution >= 4 is 17.8 Å². The lowest BCUT2D eigenvalue weighted by molar-refractivity contribution is -0.137. The lowest BCUT2D eigenvalue weighted by Gasteiger charge is -2.36. The van der Waals surface area contributed by atoms with Gasteiger partial charge in [-0.25, -0.2) is 0 Å². The molecule has 2 fully saturated rings. The molecule has 0 bridgehead atoms. The highest BCUT2D eigenvalue weighted by Crippen LogP contribution is 2.18. The topological polar surface area (TPSA) is 105 Å². The van der Waals surface area contributed by atoms with E-state index in [1.54, 1.807) is 0 Å². The van der Waals surface area contributed by atoms with E-state index < -0.39 is 5.97 Å². The summed E-state index contributed by atoms with van der Waals surface area (Å²) in [6.07, 6.45) is 3.71. The maximum atomic E-state index is 12.3. The van der Waals surface area contributed by atoms with Crippen molar-refractivity contribution in [1.29, 1.82) is 0 Å². The Hall–Kier alpha value is -1.71. The molecule has 9 nitrogen and oxygen atoms in total. The van der Waals surface area contributed by atoms with E-state index in [4.69, 9.17) is 5.11 Å². The molecule has 1 unspecified atom stereocenters. The number of likely N-dealkylation sites (tertiary alicyclic amines) is 1. The number of piperazine rings is 1. The fraction of sp³-hybridized carbons (Fsp3) is 0.850. The van der Waals surface area contributed by atoms with Crippen molar-refractivity contribution in [1.82, 2.24) is 25.3 Å². The molecule has 2 amide bonds. The molecule has 0 aliphatic carbocycles. The standard InChI is InChI=1S/C20H37N5O4/c1-23-11-13-24(14-12-23)15-17-5-4-10-25(17)16-19(27)22-8-2-6-18(26)21-9-3-7-20(28)29/h17H,2-16H2,1H3,(H,21,26)(H,22,27)(H,28,29)/i2+1,3+1,6+1,7+1,8+1,9+1,18+1,19+1,20+1,22+1,25+1. The molecule has 2 aliphatic rings. The van der Waals surface area contributed by atoms with Gasteiger partial charge in [0.05, 0.1) is 6.54 Å². The number of hydrogen-bond donors (Lipinski definition) is 3. The Morgan fingerprint density at radius 2 is 1.59 bits per heavy atom. The Balaban J connectivity index is 1.55. The second-order valence-corrected chi connectivity index (χ2v) is 8.17. The zero-order valence-corrected chi connectivity index (χ0v) is 17.7. The van der Waals surface area contributed by atoms with E-state index in [1.165, 1.54) is 0 Å². The Morgan fingerprint density at radius 3 is 2.28 bits per heavy atom. The van der Waals surface area contributed by atoms with Crippen LogP contribution in [0.15, 0.2) is 0 Å². The summed E-state index contributed by atoms with van der Waals surface area (Å²) in [6, 6.07) is 0.459. The van der Waals surface area contributed by atoms with Crippen LogP contribution in [0.3, 0.4) is 0 Å². The van der Waals surface area contributed by atoms with Gasteiger partial charge in [-0.05, 0) is 39.3 Å². The van der Waals surface area contributed by atoms with Crippen LogP contribution in [-0.2, 0) is 14.4 Å². The lowest BCUT2D eigenvalue weighted by Crippen LogP contribution is -2.50. The van der Waals surface area contributed by atoms with Crippen LogP contribution in [0.25, 0.3) is 0 Å². The van der Waals surface area contributed by atoms with Crippen molar-refractivity contribution in [3.8, 4) is 0 Å². The molecule has 0 spiro atoms. The van der Waals surface area contributed by atoms with Crippen LogP contribution < -0.4 is 10.6 Å². The van der Waals surface area contributed by atoms with Crippen LogP contribution in [0.4, 0.5) is 0 Å². The van der Waals surface area contributed by atoms with Crippen LogP contribution in [0, 0.1) is 0 Å². The fourth-order valence-electron chi connectivity index (χ4n) is 3.91. The molecule has 0 saturated carbocycles. The highest BCUT2D eigenvalue weighted by molar-refractivity contribution is 5.78. The Kier molecular flexibility index (Phi) is 10.4. The molecule has 29 heavy (non-hydrogen) atoms. The first-order valence-electron chi connectivity index (χ1n) is 10.8. The summed E-state index contributed by atoms with van der Waals surface area (Å²) in [4.78, 5) is 41.5. The van der Waals surface area contributed by atoms with Crippen molar-refractivity contribution in [3.05, 3.63) is 0 Å². The van der Waals surface area contributed by atoms with Gasteiger partial charge in [0.1, 0.15) is 0 Å². The summed E-state index contributed by atoms with van der Waals surface area (Å²) >= 11 is 0. The summed E-state index contributed by atoms with van der Waals surface area (Å²) in [5.74, 6) is -0.931. The van der Waals surface area contributed by atoms with Crippen molar-refractivity contribution in [2.24, 2.45) is 0 Å². The second kappa shape index (κ2) is 12.8. The first-order valence-corrected chi connectivity index (χ1v) is 10.8. The minimum atomic E-state index is -0.856. The zero-order chi connectivity index (χ0) is 21.1. The molecule has 0 aromatic rings. The molecule has 0 radical (unpaired) electrons. The average molecular weight is 422 g/mol. The number of nitrogens with one attached hydrogen (secondary N) is 2. The van der Waals surface area contributed by atoms with E-state index in [-0.39, 0.29) is 18.2 Å². The number of carbonyl (C=O) groups excluding carboxylic acids is 2. The Morgan fingerprint density at radius 1 is 0.931 bits per heavy atom. The number of carbonyl (C=O) groups is 3. The fourth-order valence-corrected chi connectivity index (χ4v) is 3.91. The molecule has 2 heterocycles. The molecule has 0 aromatic heterocycles. The first kappa shape index (κ1) is 23.6. The molecular weight excluding hydrogens is 385 g/mol. The predicted molar refractivity (Wildman–Crippen MR) is 111 cm³/mol. The van der Waals surface area contributed by atoms with Gasteiger partial charge >= 0.3 is 5.97 Å². The molecule has 1 atom stereocenters. The largest absolute Gasteiger partial charge is 0.481 e. The molecule has 166 valence electrons. The number of aliphatic carboxylic acids is 1. The van der Waals surface area contributed by atoms with E-state index in [2.05, 4.69) is 32.4 Å². The molecule has 2 rings (SSSR count). The van der Waals surface area contributed by atoms with E-state index in [9.17, 15) is 14.4 Å². The normalized spacial score (nSPS) is 21.2. The van der Waals surface area contributed by atoms with Crippen molar-refractivity contribution in [3.63, 3.8) is 0 Å². The van der Waals surface area contributed by atoms with Gasteiger partial charge in [0.15, 0.2) is 0 Å². The summed E-state index contributed by atoms with van der Waals surface area (Å²) < 4.78 is 0. The third kappa shape index (κ3) is 9.56. The van der Waals surface area contributed by atoms with E-state index in [0.717, 1.165) is 52.1 Å². The number of hydrogen-bond acceptors (Lipinski definition) is 6. The van der Waals surface area contributed by atoms with Crippen molar-refractivity contribution < 1.29 is 19.5 Å². The average Bonchev–Trinajstić information content (AvgIpc) is 3.10. The molecular formula is C20H37N5O4. The summed E-state index contributed by atoms with van der Waals surface area (Å²) in [5, 5.41) is 14.2. The van der Waals surface area contributed by atoms with Crippen LogP contribution in [-0.4, -0.2) is 110 Å². The molecule has 9 heteroatoms. The predicted octanol–water partition coefficient (Wildman–Crippen LogP) is -0.424. The number of nitrogens with zero attached hydrogens (tertiary/aromatic N) is 3. The lowest BCUT2D eigenvalue weighted by atomic mass is 10.2. The molecule has 2 aliphatic heterocycles. The third-order valence-corrected chi connectivity index (χ3v) is 5.70. The first-order chi connectivity index (χ1) is 13.9. The highest BCUT2D eigenvalue weighted by atomic mass is 16.5. The quantitative estimate of drug-likeness (QED) is 0.223. The monoisotopic (exact) mass is 422 g/mol. The zero-order valence-electron chi connectivity index (χ0n) is 17.7. The minimum Gasteiger partial charge on any atom is -0.481 e. The van der Waals surface area contributed by atoms with Gasteiger partial charge < -0.3 is 20.6 Å². The third-order valence-electron chi connectivity index (χ3n) is 5.70. The Bertz CT molecular complexity index is 537. The number of carboxylic acids is 1. The number of rotatable bonds is 12. The van der Waals surface area contributed by atoms with Gasteiger partial charge in [-0.2, -0.15) is 0 Å². The summed E-state index contributed by atoms with van der Waals surface area (Å²) in [7, 11) is 2.16.